The van der Waals surface area contributed by atoms with Gasteiger partial charge in [0, 0.05) is 22.7 Å². The SMILES string of the molecule is CC(N)C1=C(c2ccccc2)Oc2ccccc2C1O.Cl. The summed E-state index contributed by atoms with van der Waals surface area (Å²) in [4.78, 5) is 0. The van der Waals surface area contributed by atoms with E-state index >= 15 is 0 Å². The number of ether oxygens (including phenoxy) is 1. The molecule has 3 nitrogen and oxygen atoms in total. The molecule has 2 atom stereocenters. The van der Waals surface area contributed by atoms with Crippen LogP contribution < -0.4 is 10.5 Å². The van der Waals surface area contributed by atoms with Gasteiger partial charge < -0.3 is 15.6 Å². The summed E-state index contributed by atoms with van der Waals surface area (Å²) >= 11 is 0. The Morgan fingerprint density at radius 3 is 2.33 bits per heavy atom. The Labute approximate surface area is 130 Å². The molecule has 0 aliphatic carbocycles. The third kappa shape index (κ3) is 2.81. The van der Waals surface area contributed by atoms with E-state index in [4.69, 9.17) is 10.5 Å². The predicted molar refractivity (Wildman–Crippen MR) is 86.3 cm³/mol. The molecule has 0 fully saturated rings. The molecule has 21 heavy (non-hydrogen) atoms. The molecule has 0 radical (unpaired) electrons. The van der Waals surface area contributed by atoms with Crippen molar-refractivity contribution in [3.8, 4) is 5.75 Å². The molecule has 0 spiro atoms. The van der Waals surface area contributed by atoms with Crippen LogP contribution in [0.15, 0.2) is 60.2 Å². The van der Waals surface area contributed by atoms with Crippen LogP contribution in [0.2, 0.25) is 0 Å². The Hall–Kier alpha value is -1.81. The van der Waals surface area contributed by atoms with Crippen LogP contribution in [0.1, 0.15) is 24.2 Å². The molecule has 1 aliphatic rings. The van der Waals surface area contributed by atoms with E-state index in [1.54, 1.807) is 0 Å². The Kier molecular flexibility index (Phi) is 4.68. The molecule has 0 saturated carbocycles. The maximum absolute atomic E-state index is 10.6. The van der Waals surface area contributed by atoms with Gasteiger partial charge >= 0.3 is 0 Å². The van der Waals surface area contributed by atoms with Crippen LogP contribution in [0, 0.1) is 0 Å². The van der Waals surface area contributed by atoms with Crippen LogP contribution in [-0.4, -0.2) is 11.1 Å². The van der Waals surface area contributed by atoms with E-state index < -0.39 is 6.10 Å². The number of aliphatic hydroxyl groups excluding tert-OH is 1. The van der Waals surface area contributed by atoms with Gasteiger partial charge in [-0.25, -0.2) is 0 Å². The molecule has 0 amide bonds. The minimum atomic E-state index is -0.727. The summed E-state index contributed by atoms with van der Waals surface area (Å²) in [5.74, 6) is 1.34. The van der Waals surface area contributed by atoms with E-state index in [-0.39, 0.29) is 18.4 Å². The second-order valence-corrected chi connectivity index (χ2v) is 4.98. The molecule has 0 bridgehead atoms. The molecular weight excluding hydrogens is 286 g/mol. The van der Waals surface area contributed by atoms with Gasteiger partial charge in [0.1, 0.15) is 17.6 Å². The Morgan fingerprint density at radius 1 is 1.05 bits per heavy atom. The van der Waals surface area contributed by atoms with Gasteiger partial charge in [-0.1, -0.05) is 48.5 Å². The van der Waals surface area contributed by atoms with Gasteiger partial charge in [-0.05, 0) is 13.0 Å². The third-order valence-corrected chi connectivity index (χ3v) is 3.51. The van der Waals surface area contributed by atoms with E-state index in [0.717, 1.165) is 16.7 Å². The zero-order chi connectivity index (χ0) is 14.1. The number of halogens is 1. The highest BCUT2D eigenvalue weighted by Gasteiger charge is 2.30. The average molecular weight is 304 g/mol. The topological polar surface area (TPSA) is 55.5 Å². The Bertz CT molecular complexity index is 653. The molecule has 4 heteroatoms. The second kappa shape index (κ2) is 6.31. The van der Waals surface area contributed by atoms with Crippen molar-refractivity contribution in [1.29, 1.82) is 0 Å². The van der Waals surface area contributed by atoms with Crippen LogP contribution in [-0.2, 0) is 0 Å². The lowest BCUT2D eigenvalue weighted by Gasteiger charge is -2.29. The molecule has 1 aliphatic heterocycles. The van der Waals surface area contributed by atoms with E-state index in [9.17, 15) is 5.11 Å². The molecule has 2 unspecified atom stereocenters. The summed E-state index contributed by atoms with van der Waals surface area (Å²) in [6.07, 6.45) is -0.727. The Balaban J connectivity index is 0.00000161. The summed E-state index contributed by atoms with van der Waals surface area (Å²) in [7, 11) is 0. The van der Waals surface area contributed by atoms with Crippen molar-refractivity contribution in [2.45, 2.75) is 19.1 Å². The number of benzene rings is 2. The summed E-state index contributed by atoms with van der Waals surface area (Å²) < 4.78 is 6.00. The lowest BCUT2D eigenvalue weighted by molar-refractivity contribution is 0.196. The highest BCUT2D eigenvalue weighted by molar-refractivity contribution is 5.85. The quantitative estimate of drug-likeness (QED) is 0.895. The summed E-state index contributed by atoms with van der Waals surface area (Å²) in [6, 6.07) is 17.0. The molecule has 0 saturated heterocycles. The molecule has 2 aromatic carbocycles. The molecule has 3 rings (SSSR count). The van der Waals surface area contributed by atoms with Gasteiger partial charge in [-0.3, -0.25) is 0 Å². The fourth-order valence-corrected chi connectivity index (χ4v) is 2.53. The number of aliphatic hydroxyl groups is 1. The lowest BCUT2D eigenvalue weighted by Crippen LogP contribution is -2.28. The minimum absolute atomic E-state index is 0. The summed E-state index contributed by atoms with van der Waals surface area (Å²) in [5, 5.41) is 10.6. The van der Waals surface area contributed by atoms with Gasteiger partial charge in [0.2, 0.25) is 0 Å². The molecular formula is C17H18ClNO2. The molecule has 2 aromatic rings. The second-order valence-electron chi connectivity index (χ2n) is 4.98. The Morgan fingerprint density at radius 2 is 1.67 bits per heavy atom. The zero-order valence-electron chi connectivity index (χ0n) is 11.7. The largest absolute Gasteiger partial charge is 0.456 e. The monoisotopic (exact) mass is 303 g/mol. The van der Waals surface area contributed by atoms with Gasteiger partial charge in [0.05, 0.1) is 0 Å². The number of para-hydroxylation sites is 1. The van der Waals surface area contributed by atoms with Gasteiger partial charge in [-0.2, -0.15) is 0 Å². The lowest BCUT2D eigenvalue weighted by atomic mass is 9.91. The number of hydrogen-bond acceptors (Lipinski definition) is 3. The third-order valence-electron chi connectivity index (χ3n) is 3.51. The van der Waals surface area contributed by atoms with E-state index in [1.165, 1.54) is 0 Å². The van der Waals surface area contributed by atoms with Crippen LogP contribution in [0.5, 0.6) is 5.75 Å². The molecule has 0 aromatic heterocycles. The van der Waals surface area contributed by atoms with Crippen molar-refractivity contribution in [3.05, 3.63) is 71.3 Å². The first-order valence-electron chi connectivity index (χ1n) is 6.68. The highest BCUT2D eigenvalue weighted by atomic mass is 35.5. The van der Waals surface area contributed by atoms with Crippen LogP contribution in [0.3, 0.4) is 0 Å². The van der Waals surface area contributed by atoms with Crippen molar-refractivity contribution in [2.24, 2.45) is 5.73 Å². The zero-order valence-corrected chi connectivity index (χ0v) is 12.5. The standard InChI is InChI=1S/C17H17NO2.ClH/c1-11(18)15-16(19)13-9-5-6-10-14(13)20-17(15)12-7-3-2-4-8-12;/h2-11,16,19H,18H2,1H3;1H. The van der Waals surface area contributed by atoms with Crippen LogP contribution in [0.4, 0.5) is 0 Å². The van der Waals surface area contributed by atoms with Gasteiger partial charge in [-0.15, -0.1) is 12.4 Å². The smallest absolute Gasteiger partial charge is 0.138 e. The van der Waals surface area contributed by atoms with Crippen molar-refractivity contribution in [3.63, 3.8) is 0 Å². The number of nitrogens with two attached hydrogens (primary N) is 1. The highest BCUT2D eigenvalue weighted by Crippen LogP contribution is 2.41. The fraction of sp³-hybridized carbons (Fsp3) is 0.176. The number of fused-ring (bicyclic) bond motifs is 1. The summed E-state index contributed by atoms with van der Waals surface area (Å²) in [5.41, 5.74) is 8.45. The predicted octanol–water partition coefficient (Wildman–Crippen LogP) is 3.29. The van der Waals surface area contributed by atoms with Gasteiger partial charge in [0.25, 0.3) is 0 Å². The molecule has 1 heterocycles. The van der Waals surface area contributed by atoms with E-state index in [0.29, 0.717) is 11.5 Å². The van der Waals surface area contributed by atoms with Gasteiger partial charge in [0.15, 0.2) is 0 Å². The van der Waals surface area contributed by atoms with Crippen molar-refractivity contribution in [2.75, 3.05) is 0 Å². The first kappa shape index (κ1) is 15.6. The summed E-state index contributed by atoms with van der Waals surface area (Å²) in [6.45, 7) is 1.86. The fourth-order valence-electron chi connectivity index (χ4n) is 2.53. The number of hydrogen-bond donors (Lipinski definition) is 2. The first-order valence-corrected chi connectivity index (χ1v) is 6.68. The average Bonchev–Trinajstić information content (AvgIpc) is 2.47. The van der Waals surface area contributed by atoms with Crippen molar-refractivity contribution >= 4 is 18.2 Å². The first-order chi connectivity index (χ1) is 9.68. The molecule has 3 N–H and O–H groups in total. The normalized spacial score (nSPS) is 18.3. The number of rotatable bonds is 2. The maximum Gasteiger partial charge on any atom is 0.138 e. The van der Waals surface area contributed by atoms with Crippen molar-refractivity contribution in [1.82, 2.24) is 0 Å². The van der Waals surface area contributed by atoms with Crippen molar-refractivity contribution < 1.29 is 9.84 Å². The minimum Gasteiger partial charge on any atom is -0.456 e. The molecule has 110 valence electrons. The van der Waals surface area contributed by atoms with E-state index in [2.05, 4.69) is 0 Å². The van der Waals surface area contributed by atoms with E-state index in [1.807, 2.05) is 61.5 Å². The maximum atomic E-state index is 10.6. The van der Waals surface area contributed by atoms with Crippen LogP contribution in [0.25, 0.3) is 5.76 Å². The van der Waals surface area contributed by atoms with Crippen LogP contribution >= 0.6 is 12.4 Å².